The van der Waals surface area contributed by atoms with E-state index >= 15 is 0 Å². The fraction of sp³-hybridized carbons (Fsp3) is 0.538. The maximum atomic E-state index is 5.90. The van der Waals surface area contributed by atoms with E-state index in [1.54, 1.807) is 7.11 Å². The monoisotopic (exact) mass is 254 g/mol. The Morgan fingerprint density at radius 1 is 1.29 bits per heavy atom. The summed E-state index contributed by atoms with van der Waals surface area (Å²) in [6.07, 6.45) is 4.47. The van der Waals surface area contributed by atoms with Gasteiger partial charge in [0.1, 0.15) is 0 Å². The van der Waals surface area contributed by atoms with Crippen molar-refractivity contribution in [1.29, 1.82) is 0 Å². The van der Waals surface area contributed by atoms with Gasteiger partial charge in [-0.15, -0.1) is 0 Å². The van der Waals surface area contributed by atoms with Crippen molar-refractivity contribution in [3.05, 3.63) is 34.9 Å². The van der Waals surface area contributed by atoms with E-state index in [-0.39, 0.29) is 11.6 Å². The standard InChI is InChI=1S/C13H19ClN2O/c1-17-13(8-2-3-9-13)12(16-15)10-4-6-11(14)7-5-10/h4-7,12,16H,2-3,8-9,15H2,1H3. The Bertz CT molecular complexity index is 360. The molecule has 1 aliphatic rings. The van der Waals surface area contributed by atoms with E-state index in [0.29, 0.717) is 0 Å². The van der Waals surface area contributed by atoms with Gasteiger partial charge in [-0.25, -0.2) is 0 Å². The predicted molar refractivity (Wildman–Crippen MR) is 69.7 cm³/mol. The quantitative estimate of drug-likeness (QED) is 0.642. The second-order valence-electron chi connectivity index (χ2n) is 4.63. The largest absolute Gasteiger partial charge is 0.376 e. The molecule has 1 aromatic rings. The van der Waals surface area contributed by atoms with Crippen LogP contribution >= 0.6 is 11.6 Å². The summed E-state index contributed by atoms with van der Waals surface area (Å²) in [6, 6.07) is 7.81. The van der Waals surface area contributed by atoms with Gasteiger partial charge in [0, 0.05) is 12.1 Å². The predicted octanol–water partition coefficient (Wildman–Crippen LogP) is 2.80. The van der Waals surface area contributed by atoms with E-state index in [1.165, 1.54) is 12.8 Å². The number of methoxy groups -OCH3 is 1. The molecule has 0 spiro atoms. The van der Waals surface area contributed by atoms with Crippen LogP contribution in [-0.4, -0.2) is 12.7 Å². The second-order valence-corrected chi connectivity index (χ2v) is 5.06. The molecule has 4 heteroatoms. The van der Waals surface area contributed by atoms with Gasteiger partial charge in [-0.05, 0) is 30.5 Å². The van der Waals surface area contributed by atoms with Crippen LogP contribution in [0.5, 0.6) is 0 Å². The minimum Gasteiger partial charge on any atom is -0.376 e. The first-order valence-corrected chi connectivity index (χ1v) is 6.36. The highest BCUT2D eigenvalue weighted by Gasteiger charge is 2.41. The van der Waals surface area contributed by atoms with E-state index in [2.05, 4.69) is 5.43 Å². The first-order chi connectivity index (χ1) is 8.22. The average Bonchev–Trinajstić information content (AvgIpc) is 2.82. The lowest BCUT2D eigenvalue weighted by atomic mass is 9.87. The van der Waals surface area contributed by atoms with E-state index in [1.807, 2.05) is 24.3 Å². The molecule has 17 heavy (non-hydrogen) atoms. The second kappa shape index (κ2) is 5.36. The smallest absolute Gasteiger partial charge is 0.0885 e. The summed E-state index contributed by atoms with van der Waals surface area (Å²) in [7, 11) is 1.77. The number of ether oxygens (including phenoxy) is 1. The van der Waals surface area contributed by atoms with Crippen LogP contribution in [0.15, 0.2) is 24.3 Å². The Labute approximate surface area is 107 Å². The Kier molecular flexibility index (Phi) is 4.05. The zero-order valence-corrected chi connectivity index (χ0v) is 10.8. The van der Waals surface area contributed by atoms with E-state index in [4.69, 9.17) is 22.2 Å². The summed E-state index contributed by atoms with van der Waals surface area (Å²) in [5.41, 5.74) is 3.85. The molecule has 94 valence electrons. The Morgan fingerprint density at radius 2 is 1.88 bits per heavy atom. The van der Waals surface area contributed by atoms with Crippen molar-refractivity contribution in [1.82, 2.24) is 5.43 Å². The van der Waals surface area contributed by atoms with Gasteiger partial charge in [0.15, 0.2) is 0 Å². The summed E-state index contributed by atoms with van der Waals surface area (Å²) in [5.74, 6) is 5.72. The van der Waals surface area contributed by atoms with Crippen molar-refractivity contribution in [3.8, 4) is 0 Å². The molecule has 3 N–H and O–H groups in total. The van der Waals surface area contributed by atoms with Crippen LogP contribution in [0, 0.1) is 0 Å². The van der Waals surface area contributed by atoms with Crippen LogP contribution in [0.4, 0.5) is 0 Å². The highest BCUT2D eigenvalue weighted by Crippen LogP contribution is 2.42. The summed E-state index contributed by atoms with van der Waals surface area (Å²) < 4.78 is 5.76. The molecular weight excluding hydrogens is 236 g/mol. The molecule has 1 unspecified atom stereocenters. The van der Waals surface area contributed by atoms with Crippen molar-refractivity contribution in [2.45, 2.75) is 37.3 Å². The third-order valence-corrected chi connectivity index (χ3v) is 4.00. The number of hydrogen-bond donors (Lipinski definition) is 2. The fourth-order valence-corrected chi connectivity index (χ4v) is 2.92. The molecule has 1 fully saturated rings. The summed E-state index contributed by atoms with van der Waals surface area (Å²) in [6.45, 7) is 0. The highest BCUT2D eigenvalue weighted by molar-refractivity contribution is 6.30. The van der Waals surface area contributed by atoms with Gasteiger partial charge in [0.05, 0.1) is 11.6 Å². The first-order valence-electron chi connectivity index (χ1n) is 5.98. The lowest BCUT2D eigenvalue weighted by Gasteiger charge is -2.36. The maximum absolute atomic E-state index is 5.90. The number of benzene rings is 1. The number of hydrazine groups is 1. The Hall–Kier alpha value is -0.610. The van der Waals surface area contributed by atoms with Crippen LogP contribution in [0.2, 0.25) is 5.02 Å². The van der Waals surface area contributed by atoms with Crippen molar-refractivity contribution in [2.24, 2.45) is 5.84 Å². The molecule has 1 atom stereocenters. The van der Waals surface area contributed by atoms with Gasteiger partial charge < -0.3 is 4.74 Å². The number of nitrogens with two attached hydrogens (primary N) is 1. The highest BCUT2D eigenvalue weighted by atomic mass is 35.5. The fourth-order valence-electron chi connectivity index (χ4n) is 2.79. The van der Waals surface area contributed by atoms with Crippen molar-refractivity contribution < 1.29 is 4.74 Å². The van der Waals surface area contributed by atoms with Crippen LogP contribution in [0.1, 0.15) is 37.3 Å². The molecule has 0 amide bonds. The minimum atomic E-state index is -0.178. The molecule has 3 nitrogen and oxygen atoms in total. The third kappa shape index (κ3) is 2.47. The van der Waals surface area contributed by atoms with Crippen LogP contribution in [0.3, 0.4) is 0 Å². The van der Waals surface area contributed by atoms with Gasteiger partial charge >= 0.3 is 0 Å². The van der Waals surface area contributed by atoms with Gasteiger partial charge in [-0.1, -0.05) is 36.6 Å². The van der Waals surface area contributed by atoms with E-state index in [0.717, 1.165) is 23.4 Å². The van der Waals surface area contributed by atoms with Crippen molar-refractivity contribution >= 4 is 11.6 Å². The van der Waals surface area contributed by atoms with Gasteiger partial charge in [0.2, 0.25) is 0 Å². The third-order valence-electron chi connectivity index (χ3n) is 3.75. The summed E-state index contributed by atoms with van der Waals surface area (Å²) >= 11 is 5.90. The zero-order valence-electron chi connectivity index (χ0n) is 10.1. The molecule has 2 rings (SSSR count). The normalized spacial score (nSPS) is 20.4. The molecule has 0 radical (unpaired) electrons. The minimum absolute atomic E-state index is 0.0206. The van der Waals surface area contributed by atoms with Gasteiger partial charge in [-0.2, -0.15) is 0 Å². The van der Waals surface area contributed by atoms with E-state index in [9.17, 15) is 0 Å². The molecular formula is C13H19ClN2O. The van der Waals surface area contributed by atoms with Crippen LogP contribution in [0.25, 0.3) is 0 Å². The Morgan fingerprint density at radius 3 is 2.35 bits per heavy atom. The lowest BCUT2D eigenvalue weighted by molar-refractivity contribution is -0.0368. The molecule has 1 aromatic carbocycles. The number of halogens is 1. The molecule has 0 aliphatic heterocycles. The molecule has 1 aliphatic carbocycles. The Balaban J connectivity index is 2.28. The van der Waals surface area contributed by atoms with Crippen molar-refractivity contribution in [3.63, 3.8) is 0 Å². The molecule has 1 saturated carbocycles. The molecule has 0 saturated heterocycles. The number of rotatable bonds is 4. The average molecular weight is 255 g/mol. The molecule has 0 heterocycles. The van der Waals surface area contributed by atoms with Crippen LogP contribution in [-0.2, 0) is 4.74 Å². The van der Waals surface area contributed by atoms with E-state index < -0.39 is 0 Å². The zero-order chi connectivity index (χ0) is 12.3. The van der Waals surface area contributed by atoms with Gasteiger partial charge in [-0.3, -0.25) is 11.3 Å². The topological polar surface area (TPSA) is 47.3 Å². The maximum Gasteiger partial charge on any atom is 0.0885 e. The van der Waals surface area contributed by atoms with Crippen molar-refractivity contribution in [2.75, 3.05) is 7.11 Å². The van der Waals surface area contributed by atoms with Crippen LogP contribution < -0.4 is 11.3 Å². The number of hydrogen-bond acceptors (Lipinski definition) is 3. The molecule has 0 aromatic heterocycles. The number of nitrogens with one attached hydrogen (secondary N) is 1. The summed E-state index contributed by atoms with van der Waals surface area (Å²) in [4.78, 5) is 0. The first kappa shape index (κ1) is 12.8. The SMILES string of the molecule is COC1(C(NN)c2ccc(Cl)cc2)CCCC1. The summed E-state index contributed by atoms with van der Waals surface area (Å²) in [5, 5.41) is 0.738. The lowest BCUT2D eigenvalue weighted by Crippen LogP contribution is -2.46. The molecule has 0 bridgehead atoms. The van der Waals surface area contributed by atoms with Gasteiger partial charge in [0.25, 0.3) is 0 Å².